The summed E-state index contributed by atoms with van der Waals surface area (Å²) in [5, 5.41) is 2.64. The molecule has 0 saturated carbocycles. The van der Waals surface area contributed by atoms with E-state index in [1.807, 2.05) is 12.1 Å². The topological polar surface area (TPSA) is 106 Å². The number of para-hydroxylation sites is 1. The molecule has 0 atom stereocenters. The molecule has 2 heterocycles. The number of ether oxygens (including phenoxy) is 1. The molecule has 7 heteroatoms. The van der Waals surface area contributed by atoms with Gasteiger partial charge in [0.1, 0.15) is 0 Å². The van der Waals surface area contributed by atoms with Crippen LogP contribution in [0.3, 0.4) is 0 Å². The number of nitrogens with zero attached hydrogens (tertiary/aromatic N) is 2. The lowest BCUT2D eigenvalue weighted by atomic mass is 9.97. The van der Waals surface area contributed by atoms with E-state index in [-0.39, 0.29) is 0 Å². The SMILES string of the molecule is Nc1cccc(NC(=O)OCC2CCN(c3ccncc3)CC2)c1N. The van der Waals surface area contributed by atoms with Gasteiger partial charge in [-0.05, 0) is 43.0 Å². The Labute approximate surface area is 147 Å². The summed E-state index contributed by atoms with van der Waals surface area (Å²) < 4.78 is 5.35. The number of rotatable bonds is 4. The molecule has 1 aliphatic heterocycles. The average Bonchev–Trinajstić information content (AvgIpc) is 2.65. The van der Waals surface area contributed by atoms with E-state index in [1.165, 1.54) is 5.69 Å². The average molecular weight is 341 g/mol. The summed E-state index contributed by atoms with van der Waals surface area (Å²) in [7, 11) is 0. The molecule has 0 bridgehead atoms. The molecule has 132 valence electrons. The third-order valence-corrected chi connectivity index (χ3v) is 4.47. The van der Waals surface area contributed by atoms with Gasteiger partial charge in [-0.2, -0.15) is 0 Å². The highest BCUT2D eigenvalue weighted by molar-refractivity contribution is 5.92. The number of hydrogen-bond acceptors (Lipinski definition) is 6. The van der Waals surface area contributed by atoms with E-state index in [2.05, 4.69) is 15.2 Å². The van der Waals surface area contributed by atoms with E-state index in [1.54, 1.807) is 30.6 Å². The Balaban J connectivity index is 1.44. The van der Waals surface area contributed by atoms with Gasteiger partial charge < -0.3 is 21.1 Å². The van der Waals surface area contributed by atoms with Crippen LogP contribution >= 0.6 is 0 Å². The molecule has 1 saturated heterocycles. The van der Waals surface area contributed by atoms with Crippen molar-refractivity contribution in [3.8, 4) is 0 Å². The molecule has 0 spiro atoms. The smallest absolute Gasteiger partial charge is 0.411 e. The molecule has 1 amide bonds. The van der Waals surface area contributed by atoms with Crippen molar-refractivity contribution in [1.29, 1.82) is 0 Å². The standard InChI is InChI=1S/C18H23N5O2/c19-15-2-1-3-16(17(15)20)22-18(24)25-12-13-6-10-23(11-7-13)14-4-8-21-9-5-14/h1-5,8-9,13H,6-7,10-12,19-20H2,(H,22,24). The van der Waals surface area contributed by atoms with E-state index in [4.69, 9.17) is 16.2 Å². The summed E-state index contributed by atoms with van der Waals surface area (Å²) >= 11 is 0. The number of nitrogens with one attached hydrogen (secondary N) is 1. The van der Waals surface area contributed by atoms with Gasteiger partial charge in [0.05, 0.1) is 23.7 Å². The molecule has 0 aliphatic carbocycles. The first-order chi connectivity index (χ1) is 12.1. The van der Waals surface area contributed by atoms with Crippen molar-refractivity contribution in [3.63, 3.8) is 0 Å². The van der Waals surface area contributed by atoms with Crippen LogP contribution in [0.25, 0.3) is 0 Å². The predicted octanol–water partition coefficient (Wildman–Crippen LogP) is 2.71. The van der Waals surface area contributed by atoms with Crippen molar-refractivity contribution in [2.24, 2.45) is 5.92 Å². The van der Waals surface area contributed by atoms with E-state index < -0.39 is 6.09 Å². The van der Waals surface area contributed by atoms with E-state index in [0.29, 0.717) is 29.6 Å². The van der Waals surface area contributed by atoms with Crippen LogP contribution in [0.4, 0.5) is 27.5 Å². The lowest BCUT2D eigenvalue weighted by Gasteiger charge is -2.33. The number of amides is 1. The highest BCUT2D eigenvalue weighted by Gasteiger charge is 2.21. The molecule has 1 aromatic carbocycles. The molecule has 5 N–H and O–H groups in total. The fourth-order valence-electron chi connectivity index (χ4n) is 2.94. The van der Waals surface area contributed by atoms with Crippen LogP contribution in [0.1, 0.15) is 12.8 Å². The number of benzene rings is 1. The van der Waals surface area contributed by atoms with Gasteiger partial charge in [0.25, 0.3) is 0 Å². The molecule has 0 unspecified atom stereocenters. The Bertz CT molecular complexity index is 715. The van der Waals surface area contributed by atoms with Gasteiger partial charge in [0, 0.05) is 31.2 Å². The van der Waals surface area contributed by atoms with E-state index >= 15 is 0 Å². The number of carbonyl (C=O) groups is 1. The van der Waals surface area contributed by atoms with Crippen LogP contribution in [-0.4, -0.2) is 30.8 Å². The number of pyridine rings is 1. The molecule has 7 nitrogen and oxygen atoms in total. The second-order valence-corrected chi connectivity index (χ2v) is 6.17. The minimum Gasteiger partial charge on any atom is -0.449 e. The first-order valence-corrected chi connectivity index (χ1v) is 8.36. The summed E-state index contributed by atoms with van der Waals surface area (Å²) in [6.45, 7) is 2.29. The normalized spacial score (nSPS) is 15.0. The third kappa shape index (κ3) is 4.32. The van der Waals surface area contributed by atoms with Gasteiger partial charge in [-0.1, -0.05) is 6.07 Å². The molecule has 1 aromatic heterocycles. The maximum absolute atomic E-state index is 12.0. The van der Waals surface area contributed by atoms with Gasteiger partial charge in [-0.15, -0.1) is 0 Å². The summed E-state index contributed by atoms with van der Waals surface area (Å²) in [6, 6.07) is 9.14. The molecule has 2 aromatic rings. The van der Waals surface area contributed by atoms with Crippen LogP contribution < -0.4 is 21.7 Å². The summed E-state index contributed by atoms with van der Waals surface area (Å²) in [5.74, 6) is 0.363. The zero-order chi connectivity index (χ0) is 17.6. The van der Waals surface area contributed by atoms with Crippen molar-refractivity contribution in [2.75, 3.05) is 41.4 Å². The van der Waals surface area contributed by atoms with Gasteiger partial charge >= 0.3 is 6.09 Å². The van der Waals surface area contributed by atoms with Crippen molar-refractivity contribution in [3.05, 3.63) is 42.7 Å². The fraction of sp³-hybridized carbons (Fsp3) is 0.333. The second kappa shape index (κ2) is 7.74. The number of carbonyl (C=O) groups excluding carboxylic acids is 1. The third-order valence-electron chi connectivity index (χ3n) is 4.47. The molecule has 1 fully saturated rings. The van der Waals surface area contributed by atoms with Gasteiger partial charge in [0.15, 0.2) is 0 Å². The lowest BCUT2D eigenvalue weighted by molar-refractivity contribution is 0.133. The summed E-state index contributed by atoms with van der Waals surface area (Å²) in [5.41, 5.74) is 14.0. The lowest BCUT2D eigenvalue weighted by Crippen LogP contribution is -2.35. The number of hydrogen-bond donors (Lipinski definition) is 3. The fourth-order valence-corrected chi connectivity index (χ4v) is 2.94. The van der Waals surface area contributed by atoms with Crippen molar-refractivity contribution >= 4 is 28.8 Å². The number of aromatic nitrogens is 1. The van der Waals surface area contributed by atoms with Crippen molar-refractivity contribution in [2.45, 2.75) is 12.8 Å². The predicted molar refractivity (Wildman–Crippen MR) is 99.4 cm³/mol. The van der Waals surface area contributed by atoms with Gasteiger partial charge in [0.2, 0.25) is 0 Å². The number of piperidine rings is 1. The van der Waals surface area contributed by atoms with Crippen LogP contribution in [0.2, 0.25) is 0 Å². The number of nitrogens with two attached hydrogens (primary N) is 2. The Morgan fingerprint density at radius 1 is 1.20 bits per heavy atom. The minimum absolute atomic E-state index is 0.352. The monoisotopic (exact) mass is 341 g/mol. The first kappa shape index (κ1) is 16.9. The molecule has 0 radical (unpaired) electrons. The van der Waals surface area contributed by atoms with Crippen LogP contribution in [0.5, 0.6) is 0 Å². The highest BCUT2D eigenvalue weighted by atomic mass is 16.5. The second-order valence-electron chi connectivity index (χ2n) is 6.17. The number of anilines is 4. The Hall–Kier alpha value is -2.96. The van der Waals surface area contributed by atoms with Crippen molar-refractivity contribution < 1.29 is 9.53 Å². The first-order valence-electron chi connectivity index (χ1n) is 8.36. The zero-order valence-electron chi connectivity index (χ0n) is 14.0. The van der Waals surface area contributed by atoms with Crippen LogP contribution in [0.15, 0.2) is 42.7 Å². The van der Waals surface area contributed by atoms with E-state index in [0.717, 1.165) is 25.9 Å². The van der Waals surface area contributed by atoms with Crippen LogP contribution in [-0.2, 0) is 4.74 Å². The molecule has 1 aliphatic rings. The summed E-state index contributed by atoms with van der Waals surface area (Å²) in [6.07, 6.45) is 5.06. The molecule has 3 rings (SSSR count). The highest BCUT2D eigenvalue weighted by Crippen LogP contribution is 2.25. The summed E-state index contributed by atoms with van der Waals surface area (Å²) in [4.78, 5) is 18.3. The van der Waals surface area contributed by atoms with E-state index in [9.17, 15) is 4.79 Å². The van der Waals surface area contributed by atoms with Crippen LogP contribution in [0, 0.1) is 5.92 Å². The maximum atomic E-state index is 12.0. The number of nitrogen functional groups attached to an aromatic ring is 2. The molecule has 25 heavy (non-hydrogen) atoms. The Morgan fingerprint density at radius 2 is 1.92 bits per heavy atom. The Kier molecular flexibility index (Phi) is 5.23. The maximum Gasteiger partial charge on any atom is 0.411 e. The van der Waals surface area contributed by atoms with Crippen molar-refractivity contribution in [1.82, 2.24) is 4.98 Å². The Morgan fingerprint density at radius 3 is 2.64 bits per heavy atom. The van der Waals surface area contributed by atoms with Gasteiger partial charge in [-0.25, -0.2) is 4.79 Å². The quantitative estimate of drug-likeness (QED) is 0.738. The zero-order valence-corrected chi connectivity index (χ0v) is 14.0. The van der Waals surface area contributed by atoms with Gasteiger partial charge in [-0.3, -0.25) is 10.3 Å². The molecular formula is C18H23N5O2. The largest absolute Gasteiger partial charge is 0.449 e. The molecular weight excluding hydrogens is 318 g/mol. The minimum atomic E-state index is -0.506.